The van der Waals surface area contributed by atoms with E-state index in [0.717, 1.165) is 13.8 Å². The third kappa shape index (κ3) is 6.23. The van der Waals surface area contributed by atoms with E-state index in [4.69, 9.17) is 23.7 Å². The number of halogens is 1. The summed E-state index contributed by atoms with van der Waals surface area (Å²) in [4.78, 5) is 46.5. The fourth-order valence-electron chi connectivity index (χ4n) is 2.92. The first kappa shape index (κ1) is 23.7. The smallest absolute Gasteiger partial charge is 0.303 e. The molecule has 5 atom stereocenters. The van der Waals surface area contributed by atoms with Crippen LogP contribution in [0.15, 0.2) is 6.20 Å². The molecule has 166 valence electrons. The molecule has 1 aromatic heterocycles. The molecule has 0 aliphatic carbocycles. The predicted molar refractivity (Wildman–Crippen MR) is 99.9 cm³/mol. The minimum atomic E-state index is -1.26. The molecule has 1 aliphatic heterocycles. The SMILES string of the molecule is CC(=O)OC[C@@H]1O[C@@H](n2cc(CBr)nn2)[C@@H](OC(C)=O)[C@@H](OC(C)=O)[C@@H]1OC(C)=O. The summed E-state index contributed by atoms with van der Waals surface area (Å²) < 4.78 is 28.3. The Kier molecular flexibility index (Phi) is 8.29. The maximum Gasteiger partial charge on any atom is 0.303 e. The quantitative estimate of drug-likeness (QED) is 0.297. The van der Waals surface area contributed by atoms with Crippen LogP contribution in [0.2, 0.25) is 0 Å². The fourth-order valence-corrected chi connectivity index (χ4v) is 3.17. The van der Waals surface area contributed by atoms with Gasteiger partial charge in [0.2, 0.25) is 0 Å². The maximum absolute atomic E-state index is 11.8. The molecule has 1 aromatic rings. The Bertz CT molecular complexity index is 799. The van der Waals surface area contributed by atoms with E-state index in [9.17, 15) is 19.2 Å². The van der Waals surface area contributed by atoms with Gasteiger partial charge in [0.25, 0.3) is 0 Å². The number of alkyl halides is 1. The molecule has 0 saturated carbocycles. The number of carbonyl (C=O) groups excluding carboxylic acids is 4. The van der Waals surface area contributed by atoms with Crippen molar-refractivity contribution in [3.63, 3.8) is 0 Å². The molecule has 0 unspecified atom stereocenters. The monoisotopic (exact) mass is 491 g/mol. The zero-order valence-corrected chi connectivity index (χ0v) is 18.4. The summed E-state index contributed by atoms with van der Waals surface area (Å²) in [5.74, 6) is -2.69. The van der Waals surface area contributed by atoms with Gasteiger partial charge in [-0.3, -0.25) is 19.2 Å². The second-order valence-corrected chi connectivity index (χ2v) is 6.97. The number of aromatic nitrogens is 3. The van der Waals surface area contributed by atoms with E-state index in [0.29, 0.717) is 11.0 Å². The van der Waals surface area contributed by atoms with Crippen LogP contribution in [0.1, 0.15) is 39.6 Å². The molecule has 0 N–H and O–H groups in total. The first-order valence-electron chi connectivity index (χ1n) is 8.89. The fraction of sp³-hybridized carbons (Fsp3) is 0.647. The molecule has 13 heteroatoms. The number of nitrogens with zero attached hydrogens (tertiary/aromatic N) is 3. The summed E-state index contributed by atoms with van der Waals surface area (Å²) in [7, 11) is 0. The molecule has 0 radical (unpaired) electrons. The van der Waals surface area contributed by atoms with Gasteiger partial charge < -0.3 is 23.7 Å². The first-order valence-corrected chi connectivity index (χ1v) is 10.0. The van der Waals surface area contributed by atoms with Crippen LogP contribution >= 0.6 is 15.9 Å². The number of hydrogen-bond donors (Lipinski definition) is 0. The van der Waals surface area contributed by atoms with Gasteiger partial charge in [0, 0.05) is 33.0 Å². The molecule has 12 nitrogen and oxygen atoms in total. The van der Waals surface area contributed by atoms with E-state index < -0.39 is 54.5 Å². The van der Waals surface area contributed by atoms with Crippen LogP contribution in [0.5, 0.6) is 0 Å². The zero-order valence-electron chi connectivity index (χ0n) is 16.8. The van der Waals surface area contributed by atoms with Gasteiger partial charge in [-0.25, -0.2) is 4.68 Å². The molecule has 0 spiro atoms. The Morgan fingerprint density at radius 3 is 2.03 bits per heavy atom. The molecule has 0 bridgehead atoms. The van der Waals surface area contributed by atoms with Crippen LogP contribution in [0.3, 0.4) is 0 Å². The van der Waals surface area contributed by atoms with Crippen molar-refractivity contribution in [2.24, 2.45) is 0 Å². The molecule has 1 aliphatic rings. The van der Waals surface area contributed by atoms with Crippen LogP contribution in [-0.4, -0.2) is 69.9 Å². The van der Waals surface area contributed by atoms with E-state index in [1.807, 2.05) is 0 Å². The van der Waals surface area contributed by atoms with Crippen LogP contribution < -0.4 is 0 Å². The van der Waals surface area contributed by atoms with Gasteiger partial charge in [0.1, 0.15) is 12.7 Å². The number of carbonyl (C=O) groups is 4. The largest absolute Gasteiger partial charge is 0.463 e. The van der Waals surface area contributed by atoms with Gasteiger partial charge in [-0.1, -0.05) is 21.1 Å². The first-order chi connectivity index (χ1) is 14.1. The zero-order chi connectivity index (χ0) is 22.4. The summed E-state index contributed by atoms with van der Waals surface area (Å²) in [5.41, 5.74) is 0.558. The molecule has 30 heavy (non-hydrogen) atoms. The van der Waals surface area contributed by atoms with Crippen LogP contribution in [0.25, 0.3) is 0 Å². The highest BCUT2D eigenvalue weighted by molar-refractivity contribution is 9.08. The average molecular weight is 492 g/mol. The molecular weight excluding hydrogens is 470 g/mol. The summed E-state index contributed by atoms with van der Waals surface area (Å²) in [6.07, 6.45) is -4.32. The lowest BCUT2D eigenvalue weighted by molar-refractivity contribution is -0.270. The van der Waals surface area contributed by atoms with E-state index in [-0.39, 0.29) is 6.61 Å². The second kappa shape index (κ2) is 10.5. The third-order valence-corrected chi connectivity index (χ3v) is 4.50. The highest BCUT2D eigenvalue weighted by atomic mass is 79.9. The summed E-state index contributed by atoms with van der Waals surface area (Å²) in [6, 6.07) is 0. The lowest BCUT2D eigenvalue weighted by Gasteiger charge is -2.44. The molecular formula is C17H22BrN3O9. The van der Waals surface area contributed by atoms with Crippen LogP contribution in [-0.2, 0) is 48.2 Å². The number of esters is 4. The van der Waals surface area contributed by atoms with Gasteiger partial charge >= 0.3 is 23.9 Å². The summed E-state index contributed by atoms with van der Waals surface area (Å²) in [6.45, 7) is 4.36. The van der Waals surface area contributed by atoms with Gasteiger partial charge in [-0.05, 0) is 0 Å². The molecule has 2 heterocycles. The Labute approximate surface area is 180 Å². The third-order valence-electron chi connectivity index (χ3n) is 3.92. The number of ether oxygens (including phenoxy) is 5. The summed E-state index contributed by atoms with van der Waals surface area (Å²) >= 11 is 3.26. The van der Waals surface area contributed by atoms with E-state index >= 15 is 0 Å². The van der Waals surface area contributed by atoms with Crippen molar-refractivity contribution in [1.29, 1.82) is 0 Å². The maximum atomic E-state index is 11.8. The van der Waals surface area contributed by atoms with Gasteiger partial charge in [-0.2, -0.15) is 0 Å². The Morgan fingerprint density at radius 2 is 1.53 bits per heavy atom. The molecule has 0 aromatic carbocycles. The topological polar surface area (TPSA) is 145 Å². The Balaban J connectivity index is 2.50. The number of rotatable bonds is 7. The van der Waals surface area contributed by atoms with Crippen molar-refractivity contribution < 1.29 is 42.9 Å². The van der Waals surface area contributed by atoms with Crippen molar-refractivity contribution >= 4 is 39.8 Å². The minimum absolute atomic E-state index is 0.311. The normalized spacial score (nSPS) is 25.8. The number of hydrogen-bond acceptors (Lipinski definition) is 11. The standard InChI is InChI=1S/C17H22BrN3O9/c1-8(22)26-7-13-14(27-9(2)23)15(28-10(3)24)16(29-11(4)25)17(30-13)21-6-12(5-18)19-20-21/h6,13-17H,5,7H2,1-4H3/t13-,14+,15-,16-,17+/m0/s1. The summed E-state index contributed by atoms with van der Waals surface area (Å²) in [5, 5.41) is 8.31. The van der Waals surface area contributed by atoms with Crippen molar-refractivity contribution in [2.45, 2.75) is 63.7 Å². The van der Waals surface area contributed by atoms with Crippen molar-refractivity contribution in [2.75, 3.05) is 6.61 Å². The van der Waals surface area contributed by atoms with Gasteiger partial charge in [0.05, 0.1) is 11.9 Å². The van der Waals surface area contributed by atoms with Gasteiger partial charge in [-0.15, -0.1) is 5.10 Å². The van der Waals surface area contributed by atoms with Crippen molar-refractivity contribution in [3.8, 4) is 0 Å². The predicted octanol–water partition coefficient (Wildman–Crippen LogP) is 0.429. The van der Waals surface area contributed by atoms with Crippen molar-refractivity contribution in [1.82, 2.24) is 15.0 Å². The Morgan fingerprint density at radius 1 is 0.967 bits per heavy atom. The minimum Gasteiger partial charge on any atom is -0.463 e. The lowest BCUT2D eigenvalue weighted by Crippen LogP contribution is -2.60. The second-order valence-electron chi connectivity index (χ2n) is 6.41. The van der Waals surface area contributed by atoms with Crippen LogP contribution in [0, 0.1) is 0 Å². The highest BCUT2D eigenvalue weighted by Crippen LogP contribution is 2.34. The average Bonchev–Trinajstić information content (AvgIpc) is 3.11. The molecule has 2 rings (SSSR count). The lowest BCUT2D eigenvalue weighted by atomic mass is 9.97. The van der Waals surface area contributed by atoms with E-state index in [2.05, 4.69) is 26.2 Å². The van der Waals surface area contributed by atoms with Crippen LogP contribution in [0.4, 0.5) is 0 Å². The Hall–Kier alpha value is -2.54. The van der Waals surface area contributed by atoms with E-state index in [1.54, 1.807) is 0 Å². The molecule has 0 amide bonds. The molecule has 1 saturated heterocycles. The molecule has 1 fully saturated rings. The highest BCUT2D eigenvalue weighted by Gasteiger charge is 2.53. The van der Waals surface area contributed by atoms with Crippen molar-refractivity contribution in [3.05, 3.63) is 11.9 Å². The van der Waals surface area contributed by atoms with E-state index in [1.165, 1.54) is 24.7 Å². The van der Waals surface area contributed by atoms with Gasteiger partial charge in [0.15, 0.2) is 24.5 Å².